The Labute approximate surface area is 104 Å². The maximum absolute atomic E-state index is 5.98. The van der Waals surface area contributed by atoms with Gasteiger partial charge >= 0.3 is 0 Å². The zero-order chi connectivity index (χ0) is 12.5. The molecule has 2 nitrogen and oxygen atoms in total. The van der Waals surface area contributed by atoms with Crippen LogP contribution in [0.1, 0.15) is 57.1 Å². The summed E-state index contributed by atoms with van der Waals surface area (Å²) in [5.41, 5.74) is 16.5. The summed E-state index contributed by atoms with van der Waals surface area (Å²) in [6.07, 6.45) is 7.65. The van der Waals surface area contributed by atoms with Crippen LogP contribution in [0.5, 0.6) is 0 Å². The van der Waals surface area contributed by atoms with Crippen LogP contribution in [0.25, 0.3) is 0 Å². The molecule has 0 aliphatic heterocycles. The second-order valence-corrected chi connectivity index (χ2v) is 5.61. The van der Waals surface area contributed by atoms with Crippen molar-refractivity contribution in [1.29, 1.82) is 0 Å². The Kier molecular flexibility index (Phi) is 3.32. The van der Waals surface area contributed by atoms with E-state index < -0.39 is 0 Å². The second-order valence-electron chi connectivity index (χ2n) is 5.61. The number of hydrogen-bond donors (Lipinski definition) is 2. The number of rotatable bonds is 2. The minimum absolute atomic E-state index is 0.311. The summed E-state index contributed by atoms with van der Waals surface area (Å²) in [5.74, 6) is 0. The van der Waals surface area contributed by atoms with E-state index in [1.807, 2.05) is 0 Å². The zero-order valence-corrected chi connectivity index (χ0v) is 11.1. The third-order valence-electron chi connectivity index (χ3n) is 4.30. The predicted molar refractivity (Wildman–Crippen MR) is 75.1 cm³/mol. The molecule has 0 bridgehead atoms. The molecule has 4 N–H and O–H groups in total. The van der Waals surface area contributed by atoms with Gasteiger partial charge in [-0.3, -0.25) is 0 Å². The van der Waals surface area contributed by atoms with Gasteiger partial charge in [0.2, 0.25) is 0 Å². The van der Waals surface area contributed by atoms with Gasteiger partial charge in [-0.2, -0.15) is 0 Å². The van der Waals surface area contributed by atoms with Crippen LogP contribution in [-0.4, -0.2) is 0 Å². The quantitative estimate of drug-likeness (QED) is 0.765. The number of hydrogen-bond acceptors (Lipinski definition) is 2. The SMILES string of the molecule is CCc1cc(N)c(N)cc1C1(C)CCCCC1. The molecule has 17 heavy (non-hydrogen) atoms. The number of nitrogens with two attached hydrogens (primary N) is 2. The molecule has 0 atom stereocenters. The van der Waals surface area contributed by atoms with Crippen LogP contribution < -0.4 is 11.5 Å². The largest absolute Gasteiger partial charge is 0.397 e. The molecule has 2 heteroatoms. The van der Waals surface area contributed by atoms with Gasteiger partial charge in [0, 0.05) is 0 Å². The van der Waals surface area contributed by atoms with Crippen LogP contribution in [0.3, 0.4) is 0 Å². The first-order valence-corrected chi connectivity index (χ1v) is 6.75. The number of anilines is 2. The molecule has 1 fully saturated rings. The molecule has 2 rings (SSSR count). The van der Waals surface area contributed by atoms with Crippen molar-refractivity contribution in [1.82, 2.24) is 0 Å². The van der Waals surface area contributed by atoms with Crippen molar-refractivity contribution in [2.45, 2.75) is 57.8 Å². The lowest BCUT2D eigenvalue weighted by atomic mass is 9.69. The summed E-state index contributed by atoms with van der Waals surface area (Å²) in [6.45, 7) is 4.58. The van der Waals surface area contributed by atoms with Gasteiger partial charge in [-0.1, -0.05) is 33.1 Å². The van der Waals surface area contributed by atoms with Crippen molar-refractivity contribution in [2.75, 3.05) is 11.5 Å². The van der Waals surface area contributed by atoms with E-state index in [0.717, 1.165) is 17.8 Å². The zero-order valence-electron chi connectivity index (χ0n) is 11.1. The third kappa shape index (κ3) is 2.26. The normalized spacial score (nSPS) is 19.2. The Balaban J connectivity index is 2.45. The molecule has 94 valence electrons. The van der Waals surface area contributed by atoms with E-state index in [4.69, 9.17) is 11.5 Å². The van der Waals surface area contributed by atoms with Crippen molar-refractivity contribution < 1.29 is 0 Å². The highest BCUT2D eigenvalue weighted by Gasteiger charge is 2.30. The molecular weight excluding hydrogens is 208 g/mol. The summed E-state index contributed by atoms with van der Waals surface area (Å²) < 4.78 is 0. The molecule has 0 heterocycles. The standard InChI is InChI=1S/C15H24N2/c1-3-11-9-13(16)14(17)10-12(11)15(2)7-5-4-6-8-15/h9-10H,3-8,16-17H2,1-2H3. The van der Waals surface area contributed by atoms with Gasteiger partial charge in [0.1, 0.15) is 0 Å². The lowest BCUT2D eigenvalue weighted by molar-refractivity contribution is 0.318. The second kappa shape index (κ2) is 4.59. The summed E-state index contributed by atoms with van der Waals surface area (Å²) in [7, 11) is 0. The van der Waals surface area contributed by atoms with Gasteiger partial charge in [-0.05, 0) is 47.9 Å². The molecule has 0 amide bonds. The average Bonchev–Trinajstić information content (AvgIpc) is 2.33. The molecule has 0 unspecified atom stereocenters. The summed E-state index contributed by atoms with van der Waals surface area (Å²) in [6, 6.07) is 4.20. The molecule has 0 aromatic heterocycles. The van der Waals surface area contributed by atoms with Gasteiger partial charge in [0.05, 0.1) is 11.4 Å². The van der Waals surface area contributed by atoms with Gasteiger partial charge in [0.15, 0.2) is 0 Å². The molecule has 0 radical (unpaired) electrons. The van der Waals surface area contributed by atoms with Crippen LogP contribution in [0, 0.1) is 0 Å². The van der Waals surface area contributed by atoms with Gasteiger partial charge in [0.25, 0.3) is 0 Å². The highest BCUT2D eigenvalue weighted by molar-refractivity contribution is 5.66. The highest BCUT2D eigenvalue weighted by Crippen LogP contribution is 2.42. The number of aryl methyl sites for hydroxylation is 1. The van der Waals surface area contributed by atoms with Crippen molar-refractivity contribution in [2.24, 2.45) is 0 Å². The first-order chi connectivity index (χ1) is 8.07. The Morgan fingerprint density at radius 2 is 1.65 bits per heavy atom. The van der Waals surface area contributed by atoms with Crippen LogP contribution in [0.4, 0.5) is 11.4 Å². The maximum Gasteiger partial charge on any atom is 0.0550 e. The lowest BCUT2D eigenvalue weighted by Crippen LogP contribution is -2.26. The maximum atomic E-state index is 5.98. The third-order valence-corrected chi connectivity index (χ3v) is 4.30. The van der Waals surface area contributed by atoms with Crippen molar-refractivity contribution in [3.63, 3.8) is 0 Å². The summed E-state index contributed by atoms with van der Waals surface area (Å²) in [4.78, 5) is 0. The fraction of sp³-hybridized carbons (Fsp3) is 0.600. The first-order valence-electron chi connectivity index (χ1n) is 6.75. The van der Waals surface area contributed by atoms with Gasteiger partial charge in [-0.25, -0.2) is 0 Å². The number of benzene rings is 1. The molecular formula is C15H24N2. The van der Waals surface area contributed by atoms with Crippen molar-refractivity contribution in [3.8, 4) is 0 Å². The van der Waals surface area contributed by atoms with E-state index in [2.05, 4.69) is 26.0 Å². The summed E-state index contributed by atoms with van der Waals surface area (Å²) in [5, 5.41) is 0. The topological polar surface area (TPSA) is 52.0 Å². The molecule has 1 aliphatic carbocycles. The minimum Gasteiger partial charge on any atom is -0.397 e. The van der Waals surface area contributed by atoms with E-state index in [1.54, 1.807) is 0 Å². The smallest absolute Gasteiger partial charge is 0.0550 e. The Morgan fingerprint density at radius 1 is 1.06 bits per heavy atom. The molecule has 0 spiro atoms. The fourth-order valence-corrected chi connectivity index (χ4v) is 3.14. The Hall–Kier alpha value is -1.18. The molecule has 1 aromatic carbocycles. The van der Waals surface area contributed by atoms with Crippen LogP contribution >= 0.6 is 0 Å². The molecule has 1 aliphatic rings. The Bertz CT molecular complexity index is 404. The predicted octanol–water partition coefficient (Wildman–Crippen LogP) is 3.64. The first kappa shape index (κ1) is 12.3. The van der Waals surface area contributed by atoms with E-state index in [9.17, 15) is 0 Å². The minimum atomic E-state index is 0.311. The highest BCUT2D eigenvalue weighted by atomic mass is 14.7. The molecule has 1 aromatic rings. The Morgan fingerprint density at radius 3 is 2.24 bits per heavy atom. The van der Waals surface area contributed by atoms with Crippen molar-refractivity contribution >= 4 is 11.4 Å². The van der Waals surface area contributed by atoms with E-state index in [-0.39, 0.29) is 0 Å². The summed E-state index contributed by atoms with van der Waals surface area (Å²) >= 11 is 0. The fourth-order valence-electron chi connectivity index (χ4n) is 3.14. The monoisotopic (exact) mass is 232 g/mol. The molecule has 0 saturated heterocycles. The van der Waals surface area contributed by atoms with Gasteiger partial charge < -0.3 is 11.5 Å². The van der Waals surface area contributed by atoms with Crippen LogP contribution in [-0.2, 0) is 11.8 Å². The molecule has 1 saturated carbocycles. The van der Waals surface area contributed by atoms with Crippen LogP contribution in [0.15, 0.2) is 12.1 Å². The van der Waals surface area contributed by atoms with Crippen LogP contribution in [0.2, 0.25) is 0 Å². The van der Waals surface area contributed by atoms with Gasteiger partial charge in [-0.15, -0.1) is 0 Å². The van der Waals surface area contributed by atoms with E-state index in [1.165, 1.54) is 43.2 Å². The van der Waals surface area contributed by atoms with Crippen molar-refractivity contribution in [3.05, 3.63) is 23.3 Å². The number of nitrogen functional groups attached to an aromatic ring is 2. The van der Waals surface area contributed by atoms with E-state index >= 15 is 0 Å². The van der Waals surface area contributed by atoms with E-state index in [0.29, 0.717) is 5.41 Å². The average molecular weight is 232 g/mol. The lowest BCUT2D eigenvalue weighted by Gasteiger charge is -2.36.